The van der Waals surface area contributed by atoms with Crippen molar-refractivity contribution in [2.24, 2.45) is 0 Å². The zero-order valence-corrected chi connectivity index (χ0v) is 14.3. The highest BCUT2D eigenvalue weighted by Gasteiger charge is 2.32. The van der Waals surface area contributed by atoms with Gasteiger partial charge in [-0.15, -0.1) is 0 Å². The van der Waals surface area contributed by atoms with Crippen LogP contribution in [0.4, 0.5) is 4.39 Å². The van der Waals surface area contributed by atoms with Gasteiger partial charge in [-0.1, -0.05) is 12.1 Å². The molecule has 6 heteroatoms. The number of amides is 2. The zero-order valence-electron chi connectivity index (χ0n) is 14.3. The smallest absolute Gasteiger partial charge is 0.254 e. The Hall–Kier alpha value is -2.89. The lowest BCUT2D eigenvalue weighted by Gasteiger charge is -2.13. The molecule has 0 saturated heterocycles. The maximum absolute atomic E-state index is 13.6. The Balaban J connectivity index is 1.78. The summed E-state index contributed by atoms with van der Waals surface area (Å²) in [5.41, 5.74) is 2.23. The second kappa shape index (κ2) is 6.44. The van der Waals surface area contributed by atoms with E-state index in [1.54, 1.807) is 18.2 Å². The van der Waals surface area contributed by atoms with Crippen molar-refractivity contribution >= 4 is 11.8 Å². The molecule has 2 aromatic rings. The Morgan fingerprint density at radius 1 is 1.15 bits per heavy atom. The van der Waals surface area contributed by atoms with Gasteiger partial charge in [-0.2, -0.15) is 0 Å². The molecule has 1 heterocycles. The minimum absolute atomic E-state index is 0.203. The van der Waals surface area contributed by atoms with Crippen molar-refractivity contribution in [2.45, 2.75) is 24.8 Å². The van der Waals surface area contributed by atoms with E-state index in [2.05, 4.69) is 10.6 Å². The van der Waals surface area contributed by atoms with Crippen LogP contribution in [0.3, 0.4) is 0 Å². The molecule has 1 aliphatic heterocycles. The molecular weight excluding hydrogens is 335 g/mol. The Bertz CT molecular complexity index is 893. The molecule has 1 fully saturated rings. The van der Waals surface area contributed by atoms with Crippen LogP contribution in [-0.2, 0) is 0 Å². The van der Waals surface area contributed by atoms with Gasteiger partial charge in [0.15, 0.2) is 0 Å². The van der Waals surface area contributed by atoms with Crippen molar-refractivity contribution in [1.82, 2.24) is 10.6 Å². The first-order chi connectivity index (χ1) is 12.6. The number of hydrogen-bond donors (Lipinski definition) is 2. The molecular formula is C20H19FN2O3. The van der Waals surface area contributed by atoms with Crippen LogP contribution in [0.15, 0.2) is 36.4 Å². The highest BCUT2D eigenvalue weighted by Crippen LogP contribution is 2.41. The molecule has 5 nitrogen and oxygen atoms in total. The Morgan fingerprint density at radius 2 is 1.96 bits per heavy atom. The number of carbonyl (C=O) groups is 2. The number of fused-ring (bicyclic) bond motifs is 1. The highest BCUT2D eigenvalue weighted by atomic mass is 19.1. The lowest BCUT2D eigenvalue weighted by molar-refractivity contribution is 0.0951. The molecule has 0 aromatic heterocycles. The fraction of sp³-hybridized carbons (Fsp3) is 0.300. The van der Waals surface area contributed by atoms with Crippen LogP contribution >= 0.6 is 0 Å². The van der Waals surface area contributed by atoms with Crippen LogP contribution in [-0.4, -0.2) is 31.5 Å². The maximum Gasteiger partial charge on any atom is 0.254 e. The number of benzene rings is 2. The molecule has 2 aliphatic rings. The summed E-state index contributed by atoms with van der Waals surface area (Å²) < 4.78 is 19.4. The molecule has 0 radical (unpaired) electrons. The molecule has 2 aromatic carbocycles. The first-order valence-electron chi connectivity index (χ1n) is 8.66. The molecule has 2 N–H and O–H groups in total. The van der Waals surface area contributed by atoms with Crippen LogP contribution in [0.1, 0.15) is 50.6 Å². The SMILES string of the molecule is CNC(=O)c1cc(C(=O)NC2CC2)cc2c1OC[C@@H]2c1cccc(F)c1. The average molecular weight is 354 g/mol. The third-order valence-corrected chi connectivity index (χ3v) is 4.78. The summed E-state index contributed by atoms with van der Waals surface area (Å²) in [6, 6.07) is 9.84. The summed E-state index contributed by atoms with van der Waals surface area (Å²) in [5, 5.41) is 5.52. The summed E-state index contributed by atoms with van der Waals surface area (Å²) in [6.45, 7) is 0.302. The molecule has 0 spiro atoms. The van der Waals surface area contributed by atoms with E-state index in [1.807, 2.05) is 6.07 Å². The van der Waals surface area contributed by atoms with Gasteiger partial charge < -0.3 is 15.4 Å². The standard InChI is InChI=1S/C20H19FN2O3/c1-22-20(25)16-9-12(19(24)23-14-5-6-14)8-15-17(10-26-18(15)16)11-3-2-4-13(21)7-11/h2-4,7-9,14,17H,5-6,10H2,1H3,(H,22,25)(H,23,24)/t17-/m1/s1. The van der Waals surface area contributed by atoms with Crippen LogP contribution in [0, 0.1) is 5.82 Å². The summed E-state index contributed by atoms with van der Waals surface area (Å²) in [6.07, 6.45) is 1.96. The van der Waals surface area contributed by atoms with Gasteiger partial charge in [0.05, 0.1) is 12.2 Å². The van der Waals surface area contributed by atoms with Gasteiger partial charge in [0.1, 0.15) is 11.6 Å². The second-order valence-corrected chi connectivity index (χ2v) is 6.69. The molecule has 1 saturated carbocycles. The van der Waals surface area contributed by atoms with Crippen LogP contribution < -0.4 is 15.4 Å². The van der Waals surface area contributed by atoms with Crippen molar-refractivity contribution < 1.29 is 18.7 Å². The predicted octanol–water partition coefficient (Wildman–Crippen LogP) is 2.60. The van der Waals surface area contributed by atoms with Gasteiger partial charge in [-0.05, 0) is 42.7 Å². The van der Waals surface area contributed by atoms with Gasteiger partial charge >= 0.3 is 0 Å². The molecule has 134 valence electrons. The van der Waals surface area contributed by atoms with Crippen molar-refractivity contribution in [2.75, 3.05) is 13.7 Å². The minimum atomic E-state index is -0.329. The van der Waals surface area contributed by atoms with Crippen LogP contribution in [0.5, 0.6) is 5.75 Å². The van der Waals surface area contributed by atoms with E-state index in [9.17, 15) is 14.0 Å². The van der Waals surface area contributed by atoms with Gasteiger partial charge in [0.2, 0.25) is 0 Å². The number of ether oxygens (including phenoxy) is 1. The molecule has 1 atom stereocenters. The monoisotopic (exact) mass is 354 g/mol. The van der Waals surface area contributed by atoms with E-state index in [-0.39, 0.29) is 29.6 Å². The second-order valence-electron chi connectivity index (χ2n) is 6.69. The fourth-order valence-corrected chi connectivity index (χ4v) is 3.26. The number of carbonyl (C=O) groups excluding carboxylic acids is 2. The van der Waals surface area contributed by atoms with Gasteiger partial charge in [-0.25, -0.2) is 4.39 Å². The third-order valence-electron chi connectivity index (χ3n) is 4.78. The first kappa shape index (κ1) is 16.6. The largest absolute Gasteiger partial charge is 0.491 e. The van der Waals surface area contributed by atoms with E-state index in [0.29, 0.717) is 23.5 Å². The number of hydrogen-bond acceptors (Lipinski definition) is 3. The van der Waals surface area contributed by atoms with Crippen molar-refractivity contribution in [1.29, 1.82) is 0 Å². The van der Waals surface area contributed by atoms with E-state index in [4.69, 9.17) is 4.74 Å². The lowest BCUT2D eigenvalue weighted by Crippen LogP contribution is -2.26. The molecule has 2 amide bonds. The predicted molar refractivity (Wildman–Crippen MR) is 94.1 cm³/mol. The van der Waals surface area contributed by atoms with E-state index in [0.717, 1.165) is 24.0 Å². The van der Waals surface area contributed by atoms with E-state index < -0.39 is 0 Å². The summed E-state index contributed by atoms with van der Waals surface area (Å²) >= 11 is 0. The van der Waals surface area contributed by atoms with Gasteiger partial charge in [-0.3, -0.25) is 9.59 Å². The molecule has 4 rings (SSSR count). The molecule has 0 bridgehead atoms. The molecule has 1 aliphatic carbocycles. The van der Waals surface area contributed by atoms with Crippen molar-refractivity contribution in [3.05, 3.63) is 64.5 Å². The topological polar surface area (TPSA) is 67.4 Å². The van der Waals surface area contributed by atoms with Gasteiger partial charge in [0.25, 0.3) is 11.8 Å². The maximum atomic E-state index is 13.6. The molecule has 26 heavy (non-hydrogen) atoms. The van der Waals surface area contributed by atoms with Crippen molar-refractivity contribution in [3.63, 3.8) is 0 Å². The lowest BCUT2D eigenvalue weighted by atomic mass is 9.90. The number of nitrogens with one attached hydrogen (secondary N) is 2. The number of rotatable bonds is 4. The van der Waals surface area contributed by atoms with Crippen LogP contribution in [0.2, 0.25) is 0 Å². The normalized spacial score (nSPS) is 18.0. The zero-order chi connectivity index (χ0) is 18.3. The average Bonchev–Trinajstić information content (AvgIpc) is 3.35. The van der Waals surface area contributed by atoms with E-state index >= 15 is 0 Å². The summed E-state index contributed by atoms with van der Waals surface area (Å²) in [7, 11) is 1.53. The molecule has 0 unspecified atom stereocenters. The Kier molecular flexibility index (Phi) is 4.11. The highest BCUT2D eigenvalue weighted by molar-refractivity contribution is 6.02. The first-order valence-corrected chi connectivity index (χ1v) is 8.66. The number of halogens is 1. The van der Waals surface area contributed by atoms with Gasteiger partial charge in [0, 0.05) is 30.1 Å². The third kappa shape index (κ3) is 3.03. The van der Waals surface area contributed by atoms with Crippen molar-refractivity contribution in [3.8, 4) is 5.75 Å². The fourth-order valence-electron chi connectivity index (χ4n) is 3.26. The minimum Gasteiger partial charge on any atom is -0.491 e. The van der Waals surface area contributed by atoms with E-state index in [1.165, 1.54) is 19.2 Å². The quantitative estimate of drug-likeness (QED) is 0.887. The summed E-state index contributed by atoms with van der Waals surface area (Å²) in [4.78, 5) is 24.8. The Morgan fingerprint density at radius 3 is 2.65 bits per heavy atom. The Labute approximate surface area is 150 Å². The summed E-state index contributed by atoms with van der Waals surface area (Å²) in [5.74, 6) is -0.614. The van der Waals surface area contributed by atoms with Crippen LogP contribution in [0.25, 0.3) is 0 Å².